The molecule has 2 rings (SSSR count). The summed E-state index contributed by atoms with van der Waals surface area (Å²) < 4.78 is 10.3. The molecule has 0 aliphatic carbocycles. The summed E-state index contributed by atoms with van der Waals surface area (Å²) >= 11 is 0. The molecule has 0 aliphatic rings. The fraction of sp³-hybridized carbons (Fsp3) is 0.250. The van der Waals surface area contributed by atoms with Gasteiger partial charge in [0.05, 0.1) is 5.56 Å². The van der Waals surface area contributed by atoms with Gasteiger partial charge in [-0.3, -0.25) is 0 Å². The molecule has 0 fully saturated rings. The topological polar surface area (TPSA) is 85.5 Å². The second-order valence-corrected chi connectivity index (χ2v) is 3.55. The Morgan fingerprint density at radius 2 is 2.22 bits per heavy atom. The van der Waals surface area contributed by atoms with Crippen molar-refractivity contribution in [3.63, 3.8) is 0 Å². The van der Waals surface area contributed by atoms with Crippen LogP contribution in [0.25, 0.3) is 11.5 Å². The van der Waals surface area contributed by atoms with Gasteiger partial charge in [0.2, 0.25) is 0 Å². The Labute approximate surface area is 103 Å². The molecule has 0 atom stereocenters. The van der Waals surface area contributed by atoms with Crippen molar-refractivity contribution in [1.82, 2.24) is 10.1 Å². The molecule has 18 heavy (non-hydrogen) atoms. The predicted octanol–water partition coefficient (Wildman–Crippen LogP) is 1.76. The highest BCUT2D eigenvalue weighted by molar-refractivity contribution is 5.69. The van der Waals surface area contributed by atoms with Crippen LogP contribution in [0.3, 0.4) is 0 Å². The molecule has 1 aromatic carbocycles. The van der Waals surface area contributed by atoms with Gasteiger partial charge < -0.3 is 14.4 Å². The van der Waals surface area contributed by atoms with E-state index in [1.807, 2.05) is 6.92 Å². The van der Waals surface area contributed by atoms with Crippen molar-refractivity contribution in [2.75, 3.05) is 6.61 Å². The number of benzene rings is 1. The second kappa shape index (κ2) is 5.31. The molecule has 0 spiro atoms. The Balaban J connectivity index is 2.29. The van der Waals surface area contributed by atoms with Crippen molar-refractivity contribution >= 4 is 5.97 Å². The fourth-order valence-corrected chi connectivity index (χ4v) is 1.42. The highest BCUT2D eigenvalue weighted by Crippen LogP contribution is 2.28. The maximum atomic E-state index is 10.5. The van der Waals surface area contributed by atoms with E-state index in [2.05, 4.69) is 10.1 Å². The molecule has 0 unspecified atom stereocenters. The van der Waals surface area contributed by atoms with Crippen LogP contribution in [-0.4, -0.2) is 27.8 Å². The van der Waals surface area contributed by atoms with Gasteiger partial charge in [-0.15, -0.1) is 0 Å². The first-order chi connectivity index (χ1) is 8.70. The van der Waals surface area contributed by atoms with Gasteiger partial charge in [0.15, 0.2) is 12.4 Å². The van der Waals surface area contributed by atoms with Crippen LogP contribution in [0.4, 0.5) is 0 Å². The first-order valence-corrected chi connectivity index (χ1v) is 5.47. The largest absolute Gasteiger partial charge is 0.481 e. The van der Waals surface area contributed by atoms with Gasteiger partial charge >= 0.3 is 5.97 Å². The lowest BCUT2D eigenvalue weighted by Gasteiger charge is -2.06. The lowest BCUT2D eigenvalue weighted by Crippen LogP contribution is -2.09. The Morgan fingerprint density at radius 1 is 1.44 bits per heavy atom. The molecule has 0 saturated carbocycles. The van der Waals surface area contributed by atoms with Crippen LogP contribution < -0.4 is 4.74 Å². The first kappa shape index (κ1) is 12.1. The van der Waals surface area contributed by atoms with E-state index in [0.717, 1.165) is 0 Å². The van der Waals surface area contributed by atoms with Crippen LogP contribution >= 0.6 is 0 Å². The van der Waals surface area contributed by atoms with Gasteiger partial charge in [-0.2, -0.15) is 4.98 Å². The highest BCUT2D eigenvalue weighted by atomic mass is 16.5. The number of hydrogen-bond acceptors (Lipinski definition) is 5. The van der Waals surface area contributed by atoms with Gasteiger partial charge in [0.25, 0.3) is 5.89 Å². The van der Waals surface area contributed by atoms with E-state index in [1.54, 1.807) is 24.3 Å². The van der Waals surface area contributed by atoms with E-state index in [1.165, 1.54) is 0 Å². The summed E-state index contributed by atoms with van der Waals surface area (Å²) in [6.07, 6.45) is 0.668. The Kier molecular flexibility index (Phi) is 3.57. The number of carboxylic acids is 1. The zero-order valence-corrected chi connectivity index (χ0v) is 9.79. The standard InChI is InChI=1S/C12H12N2O4/c1-2-10-13-12(18-14-10)8-5-3-4-6-9(8)17-7-11(15)16/h3-6H,2,7H2,1H3,(H,15,16). The molecule has 0 aliphatic heterocycles. The highest BCUT2D eigenvalue weighted by Gasteiger charge is 2.13. The number of aryl methyl sites for hydroxylation is 1. The van der Waals surface area contributed by atoms with Gasteiger partial charge in [-0.1, -0.05) is 24.2 Å². The molecule has 0 saturated heterocycles. The molecular formula is C12H12N2O4. The van der Waals surface area contributed by atoms with Crippen molar-refractivity contribution in [1.29, 1.82) is 0 Å². The smallest absolute Gasteiger partial charge is 0.341 e. The molecule has 6 heteroatoms. The molecule has 1 aromatic heterocycles. The van der Waals surface area contributed by atoms with Crippen LogP contribution in [0, 0.1) is 0 Å². The molecule has 94 valence electrons. The molecule has 0 bridgehead atoms. The summed E-state index contributed by atoms with van der Waals surface area (Å²) in [6.45, 7) is 1.51. The zero-order chi connectivity index (χ0) is 13.0. The summed E-state index contributed by atoms with van der Waals surface area (Å²) in [6, 6.07) is 6.94. The minimum absolute atomic E-state index is 0.327. The number of para-hydroxylation sites is 1. The van der Waals surface area contributed by atoms with Crippen molar-refractivity contribution in [2.45, 2.75) is 13.3 Å². The van der Waals surface area contributed by atoms with Crippen molar-refractivity contribution < 1.29 is 19.2 Å². The first-order valence-electron chi connectivity index (χ1n) is 5.47. The van der Waals surface area contributed by atoms with E-state index >= 15 is 0 Å². The van der Waals surface area contributed by atoms with Crippen molar-refractivity contribution in [2.24, 2.45) is 0 Å². The number of ether oxygens (including phenoxy) is 1. The molecule has 0 radical (unpaired) electrons. The van der Waals surface area contributed by atoms with Crippen LogP contribution in [0.15, 0.2) is 28.8 Å². The van der Waals surface area contributed by atoms with Gasteiger partial charge in [0, 0.05) is 6.42 Å². The van der Waals surface area contributed by atoms with E-state index in [-0.39, 0.29) is 0 Å². The quantitative estimate of drug-likeness (QED) is 0.867. The Bertz CT molecular complexity index is 551. The fourth-order valence-electron chi connectivity index (χ4n) is 1.42. The summed E-state index contributed by atoms with van der Waals surface area (Å²) in [5.74, 6) is 0.293. The minimum Gasteiger partial charge on any atom is -0.481 e. The van der Waals surface area contributed by atoms with E-state index in [9.17, 15) is 4.79 Å². The summed E-state index contributed by atoms with van der Waals surface area (Å²) in [5, 5.41) is 12.4. The lowest BCUT2D eigenvalue weighted by atomic mass is 10.2. The third-order valence-electron chi connectivity index (χ3n) is 2.25. The average Bonchev–Trinajstić information content (AvgIpc) is 2.85. The van der Waals surface area contributed by atoms with E-state index in [0.29, 0.717) is 29.4 Å². The van der Waals surface area contributed by atoms with Gasteiger partial charge in [-0.25, -0.2) is 4.79 Å². The molecule has 2 aromatic rings. The van der Waals surface area contributed by atoms with Crippen LogP contribution in [-0.2, 0) is 11.2 Å². The molecule has 1 N–H and O–H groups in total. The number of hydrogen-bond donors (Lipinski definition) is 1. The zero-order valence-electron chi connectivity index (χ0n) is 9.79. The summed E-state index contributed by atoms with van der Waals surface area (Å²) in [5.41, 5.74) is 0.589. The maximum absolute atomic E-state index is 10.5. The van der Waals surface area contributed by atoms with Crippen molar-refractivity contribution in [3.8, 4) is 17.2 Å². The number of carboxylic acid groups (broad SMARTS) is 1. The maximum Gasteiger partial charge on any atom is 0.341 e. The number of aromatic nitrogens is 2. The van der Waals surface area contributed by atoms with Gasteiger partial charge in [-0.05, 0) is 12.1 Å². The summed E-state index contributed by atoms with van der Waals surface area (Å²) in [7, 11) is 0. The number of rotatable bonds is 5. The molecule has 6 nitrogen and oxygen atoms in total. The van der Waals surface area contributed by atoms with Crippen LogP contribution in [0.5, 0.6) is 5.75 Å². The number of carbonyl (C=O) groups is 1. The Hall–Kier alpha value is -2.37. The number of nitrogens with zero attached hydrogens (tertiary/aromatic N) is 2. The molecule has 1 heterocycles. The van der Waals surface area contributed by atoms with Crippen LogP contribution in [0.1, 0.15) is 12.7 Å². The van der Waals surface area contributed by atoms with Crippen LogP contribution in [0.2, 0.25) is 0 Å². The molecule has 0 amide bonds. The monoisotopic (exact) mass is 248 g/mol. The lowest BCUT2D eigenvalue weighted by molar-refractivity contribution is -0.139. The van der Waals surface area contributed by atoms with E-state index < -0.39 is 12.6 Å². The number of aliphatic carboxylic acids is 1. The molecular weight excluding hydrogens is 236 g/mol. The van der Waals surface area contributed by atoms with E-state index in [4.69, 9.17) is 14.4 Å². The minimum atomic E-state index is -1.04. The van der Waals surface area contributed by atoms with Gasteiger partial charge in [0.1, 0.15) is 5.75 Å². The third kappa shape index (κ3) is 2.65. The normalized spacial score (nSPS) is 10.3. The summed E-state index contributed by atoms with van der Waals surface area (Å²) in [4.78, 5) is 14.7. The SMILES string of the molecule is CCc1noc(-c2ccccc2OCC(=O)O)n1. The average molecular weight is 248 g/mol. The predicted molar refractivity (Wildman–Crippen MR) is 62.2 cm³/mol. The van der Waals surface area contributed by atoms with Crippen molar-refractivity contribution in [3.05, 3.63) is 30.1 Å². The second-order valence-electron chi connectivity index (χ2n) is 3.55. The third-order valence-corrected chi connectivity index (χ3v) is 2.25. The Morgan fingerprint density at radius 3 is 2.89 bits per heavy atom.